The van der Waals surface area contributed by atoms with Crippen LogP contribution in [-0.4, -0.2) is 19.5 Å². The molecular weight excluding hydrogens is 382 g/mol. The average Bonchev–Trinajstić information content (AvgIpc) is 2.80. The summed E-state index contributed by atoms with van der Waals surface area (Å²) in [5.41, 5.74) is 2.80. The normalized spacial score (nSPS) is 18.4. The third-order valence-corrected chi connectivity index (χ3v) is 5.08. The van der Waals surface area contributed by atoms with E-state index in [1.165, 1.54) is 5.56 Å². The molecule has 1 aliphatic heterocycles. The number of aryl methyl sites for hydroxylation is 1. The van der Waals surface area contributed by atoms with Crippen LogP contribution in [0.4, 0.5) is 8.78 Å². The first-order chi connectivity index (χ1) is 14.6. The van der Waals surface area contributed by atoms with Gasteiger partial charge < -0.3 is 9.47 Å². The summed E-state index contributed by atoms with van der Waals surface area (Å²) < 4.78 is 38.4. The van der Waals surface area contributed by atoms with Crippen molar-refractivity contribution in [1.29, 1.82) is 0 Å². The van der Waals surface area contributed by atoms with Gasteiger partial charge in [0.15, 0.2) is 17.9 Å². The lowest BCUT2D eigenvalue weighted by atomic mass is 10.0. The number of terminal acetylenes is 1. The number of fused-ring (bicyclic) bond motifs is 1. The molecule has 0 radical (unpaired) electrons. The Balaban J connectivity index is 1.37. The van der Waals surface area contributed by atoms with Crippen LogP contribution in [-0.2, 0) is 15.9 Å². The maximum atomic E-state index is 13.8. The van der Waals surface area contributed by atoms with Crippen molar-refractivity contribution in [3.8, 4) is 24.2 Å². The summed E-state index contributed by atoms with van der Waals surface area (Å²) in [6.45, 7) is 1.10. The van der Waals surface area contributed by atoms with Crippen LogP contribution in [0.3, 0.4) is 0 Å². The van der Waals surface area contributed by atoms with Crippen molar-refractivity contribution in [2.24, 2.45) is 5.92 Å². The van der Waals surface area contributed by atoms with E-state index in [2.05, 4.69) is 17.8 Å². The summed E-state index contributed by atoms with van der Waals surface area (Å²) in [6, 6.07) is 15.7. The Morgan fingerprint density at radius 3 is 2.33 bits per heavy atom. The van der Waals surface area contributed by atoms with Crippen LogP contribution in [0, 0.1) is 41.7 Å². The van der Waals surface area contributed by atoms with Crippen molar-refractivity contribution in [1.82, 2.24) is 0 Å². The Morgan fingerprint density at radius 1 is 0.900 bits per heavy atom. The lowest BCUT2D eigenvalue weighted by molar-refractivity contribution is -0.193. The summed E-state index contributed by atoms with van der Waals surface area (Å²) in [6.07, 6.45) is 6.78. The highest BCUT2D eigenvalue weighted by molar-refractivity contribution is 5.84. The molecule has 4 heteroatoms. The van der Waals surface area contributed by atoms with Gasteiger partial charge in [0.05, 0.1) is 19.1 Å². The zero-order chi connectivity index (χ0) is 20.9. The molecule has 150 valence electrons. The zero-order valence-electron chi connectivity index (χ0n) is 16.3. The van der Waals surface area contributed by atoms with E-state index in [1.54, 1.807) is 24.3 Å². The molecule has 0 N–H and O–H groups in total. The lowest BCUT2D eigenvalue weighted by Gasteiger charge is -2.26. The Bertz CT molecular complexity index is 1140. The van der Waals surface area contributed by atoms with Gasteiger partial charge in [0, 0.05) is 22.9 Å². The topological polar surface area (TPSA) is 18.5 Å². The standard InChI is InChI=1S/C26H20F2O2/c1-2-18-16-29-25(30-17-18)14-10-20-5-3-19(4-6-20)7-8-21-9-12-23-22(15-21)11-13-24(27)26(23)28/h1,3-6,9,11-13,15,18,25H,10,14,16-17H2. The molecule has 4 rings (SSSR count). The van der Waals surface area contributed by atoms with Crippen molar-refractivity contribution in [2.75, 3.05) is 13.2 Å². The van der Waals surface area contributed by atoms with E-state index in [0.717, 1.165) is 30.0 Å². The van der Waals surface area contributed by atoms with E-state index >= 15 is 0 Å². The van der Waals surface area contributed by atoms with Gasteiger partial charge in [0.2, 0.25) is 0 Å². The molecule has 30 heavy (non-hydrogen) atoms. The second kappa shape index (κ2) is 9.09. The number of hydrogen-bond acceptors (Lipinski definition) is 2. The molecule has 3 aromatic rings. The first-order valence-corrected chi connectivity index (χ1v) is 9.80. The summed E-state index contributed by atoms with van der Waals surface area (Å²) >= 11 is 0. The fourth-order valence-corrected chi connectivity index (χ4v) is 3.33. The molecule has 0 unspecified atom stereocenters. The van der Waals surface area contributed by atoms with E-state index in [4.69, 9.17) is 15.9 Å². The van der Waals surface area contributed by atoms with E-state index in [-0.39, 0.29) is 17.6 Å². The smallest absolute Gasteiger partial charge is 0.166 e. The number of halogens is 2. The molecule has 1 fully saturated rings. The second-order valence-corrected chi connectivity index (χ2v) is 7.24. The predicted molar refractivity (Wildman–Crippen MR) is 113 cm³/mol. The molecule has 3 aromatic carbocycles. The predicted octanol–water partition coefficient (Wildman–Crippen LogP) is 5.07. The maximum Gasteiger partial charge on any atom is 0.166 e. The highest BCUT2D eigenvalue weighted by Crippen LogP contribution is 2.21. The fraction of sp³-hybridized carbons (Fsp3) is 0.231. The molecule has 0 aromatic heterocycles. The second-order valence-electron chi connectivity index (χ2n) is 7.24. The van der Waals surface area contributed by atoms with Crippen molar-refractivity contribution < 1.29 is 18.3 Å². The first kappa shape index (κ1) is 20.1. The van der Waals surface area contributed by atoms with Crippen molar-refractivity contribution in [2.45, 2.75) is 19.1 Å². The lowest BCUT2D eigenvalue weighted by Crippen LogP contribution is -2.31. The van der Waals surface area contributed by atoms with Gasteiger partial charge in [-0.1, -0.05) is 42.0 Å². The highest BCUT2D eigenvalue weighted by atomic mass is 19.2. The van der Waals surface area contributed by atoms with Crippen molar-refractivity contribution in [3.63, 3.8) is 0 Å². The Labute approximate surface area is 174 Å². The number of rotatable bonds is 3. The minimum Gasteiger partial charge on any atom is -0.351 e. The fourth-order valence-electron chi connectivity index (χ4n) is 3.33. The third kappa shape index (κ3) is 4.69. The van der Waals surface area contributed by atoms with Crippen molar-refractivity contribution in [3.05, 3.63) is 82.9 Å². The molecule has 0 amide bonds. The third-order valence-electron chi connectivity index (χ3n) is 5.08. The largest absolute Gasteiger partial charge is 0.351 e. The van der Waals surface area contributed by atoms with Crippen LogP contribution in [0.1, 0.15) is 23.1 Å². The quantitative estimate of drug-likeness (QED) is 0.570. The van der Waals surface area contributed by atoms with Gasteiger partial charge in [-0.15, -0.1) is 6.42 Å². The molecule has 0 aliphatic carbocycles. The van der Waals surface area contributed by atoms with Crippen LogP contribution < -0.4 is 0 Å². The highest BCUT2D eigenvalue weighted by Gasteiger charge is 2.20. The van der Waals surface area contributed by atoms with Gasteiger partial charge in [-0.25, -0.2) is 8.78 Å². The monoisotopic (exact) mass is 402 g/mol. The van der Waals surface area contributed by atoms with Gasteiger partial charge in [-0.2, -0.15) is 0 Å². The maximum absolute atomic E-state index is 13.8. The minimum atomic E-state index is -0.847. The van der Waals surface area contributed by atoms with Gasteiger partial charge in [0.25, 0.3) is 0 Å². The van der Waals surface area contributed by atoms with Crippen molar-refractivity contribution >= 4 is 10.8 Å². The van der Waals surface area contributed by atoms with E-state index in [9.17, 15) is 8.78 Å². The van der Waals surface area contributed by atoms with Gasteiger partial charge in [0.1, 0.15) is 0 Å². The van der Waals surface area contributed by atoms with Crippen LogP contribution in [0.5, 0.6) is 0 Å². The molecule has 0 saturated carbocycles. The van der Waals surface area contributed by atoms with Crippen LogP contribution in [0.15, 0.2) is 54.6 Å². The molecular formula is C26H20F2O2. The number of benzene rings is 3. The molecule has 1 aliphatic rings. The van der Waals surface area contributed by atoms with E-state index < -0.39 is 11.6 Å². The minimum absolute atomic E-state index is 0.0434. The number of ether oxygens (including phenoxy) is 2. The summed E-state index contributed by atoms with van der Waals surface area (Å²) in [7, 11) is 0. The Hall–Kier alpha value is -3.18. The van der Waals surface area contributed by atoms with E-state index in [0.29, 0.717) is 18.6 Å². The van der Waals surface area contributed by atoms with Gasteiger partial charge in [-0.3, -0.25) is 0 Å². The summed E-state index contributed by atoms with van der Waals surface area (Å²) in [5.74, 6) is 7.20. The van der Waals surface area contributed by atoms with Crippen LogP contribution in [0.25, 0.3) is 10.8 Å². The molecule has 0 atom stereocenters. The molecule has 1 heterocycles. The van der Waals surface area contributed by atoms with Crippen LogP contribution in [0.2, 0.25) is 0 Å². The molecule has 1 saturated heterocycles. The van der Waals surface area contributed by atoms with Gasteiger partial charge in [-0.05, 0) is 47.7 Å². The zero-order valence-corrected chi connectivity index (χ0v) is 16.3. The average molecular weight is 402 g/mol. The SMILES string of the molecule is C#CC1COC(CCc2ccc(C#Cc3ccc4c(F)c(F)ccc4c3)cc2)OC1. The number of hydrogen-bond donors (Lipinski definition) is 0. The van der Waals surface area contributed by atoms with Crippen LogP contribution >= 0.6 is 0 Å². The molecule has 2 nitrogen and oxygen atoms in total. The Morgan fingerprint density at radius 2 is 1.60 bits per heavy atom. The summed E-state index contributed by atoms with van der Waals surface area (Å²) in [4.78, 5) is 0. The van der Waals surface area contributed by atoms with E-state index in [1.807, 2.05) is 24.3 Å². The molecule has 0 spiro atoms. The van der Waals surface area contributed by atoms with Gasteiger partial charge >= 0.3 is 0 Å². The Kier molecular flexibility index (Phi) is 6.10. The molecule has 0 bridgehead atoms. The first-order valence-electron chi connectivity index (χ1n) is 9.80. The summed E-state index contributed by atoms with van der Waals surface area (Å²) in [5, 5.41) is 0.877.